The van der Waals surface area contributed by atoms with Crippen LogP contribution in [0.4, 0.5) is 13.2 Å². The quantitative estimate of drug-likeness (QED) is 0.555. The fourth-order valence-corrected chi connectivity index (χ4v) is 2.49. The topological polar surface area (TPSA) is 17.1 Å². The maximum atomic E-state index is 12.2. The van der Waals surface area contributed by atoms with E-state index in [1.54, 1.807) is 0 Å². The van der Waals surface area contributed by atoms with Crippen LogP contribution in [-0.4, -0.2) is 12.0 Å². The largest absolute Gasteiger partial charge is 0.398 e. The first kappa shape index (κ1) is 8.08. The number of hydrogen-bond acceptors (Lipinski definition) is 1. The zero-order valence-corrected chi connectivity index (χ0v) is 6.40. The summed E-state index contributed by atoms with van der Waals surface area (Å²) in [6.45, 7) is 0. The Hall–Kier alpha value is -0.540. The number of Topliss-reactive ketones (excluding diaryl/α,β-unsaturated/α-hetero) is 1. The average molecular weight is 178 g/mol. The first-order valence-corrected chi connectivity index (χ1v) is 4.10. The Kier molecular flexibility index (Phi) is 1.50. The van der Waals surface area contributed by atoms with Crippen LogP contribution in [0.1, 0.15) is 19.3 Å². The van der Waals surface area contributed by atoms with E-state index in [0.717, 1.165) is 0 Å². The third-order valence-corrected chi connectivity index (χ3v) is 3.01. The van der Waals surface area contributed by atoms with Crippen molar-refractivity contribution in [3.8, 4) is 0 Å². The van der Waals surface area contributed by atoms with Gasteiger partial charge in [-0.25, -0.2) is 0 Å². The van der Waals surface area contributed by atoms with Crippen LogP contribution in [0, 0.1) is 17.8 Å². The molecular weight excluding hydrogens is 169 g/mol. The molecule has 68 valence electrons. The molecule has 0 aromatic rings. The molecule has 0 aromatic heterocycles. The van der Waals surface area contributed by atoms with E-state index in [2.05, 4.69) is 0 Å². The predicted octanol–water partition coefficient (Wildman–Crippen LogP) is 2.16. The SMILES string of the molecule is O=C1C2CCC(C2)C1C(F)(F)F. The summed E-state index contributed by atoms with van der Waals surface area (Å²) in [6, 6.07) is 0. The fraction of sp³-hybridized carbons (Fsp3) is 0.875. The molecule has 0 N–H and O–H groups in total. The van der Waals surface area contributed by atoms with Crippen LogP contribution >= 0.6 is 0 Å². The van der Waals surface area contributed by atoms with Crippen molar-refractivity contribution < 1.29 is 18.0 Å². The molecule has 2 aliphatic carbocycles. The van der Waals surface area contributed by atoms with Gasteiger partial charge in [-0.2, -0.15) is 13.2 Å². The Balaban J connectivity index is 2.23. The number of fused-ring (bicyclic) bond motifs is 2. The summed E-state index contributed by atoms with van der Waals surface area (Å²) in [7, 11) is 0. The zero-order valence-electron chi connectivity index (χ0n) is 6.40. The number of alkyl halides is 3. The molecule has 2 saturated carbocycles. The molecule has 0 saturated heterocycles. The zero-order chi connectivity index (χ0) is 8.93. The van der Waals surface area contributed by atoms with Crippen molar-refractivity contribution in [2.45, 2.75) is 25.4 Å². The minimum Gasteiger partial charge on any atom is -0.299 e. The molecule has 3 unspecified atom stereocenters. The third-order valence-electron chi connectivity index (χ3n) is 3.01. The molecule has 1 nitrogen and oxygen atoms in total. The summed E-state index contributed by atoms with van der Waals surface area (Å²) in [4.78, 5) is 11.1. The Morgan fingerprint density at radius 1 is 1.25 bits per heavy atom. The molecule has 12 heavy (non-hydrogen) atoms. The molecule has 2 aliphatic rings. The standard InChI is InChI=1S/C8H9F3O/c9-8(10,11)6-4-1-2-5(3-4)7(6)12/h4-6H,1-3H2. The number of rotatable bonds is 0. The molecule has 0 spiro atoms. The predicted molar refractivity (Wildman–Crippen MR) is 35.4 cm³/mol. The van der Waals surface area contributed by atoms with Gasteiger partial charge in [0.05, 0.1) is 0 Å². The highest BCUT2D eigenvalue weighted by molar-refractivity contribution is 5.87. The number of carbonyl (C=O) groups is 1. The second-order valence-electron chi connectivity index (χ2n) is 3.69. The fourth-order valence-electron chi connectivity index (χ4n) is 2.49. The van der Waals surface area contributed by atoms with Crippen LogP contribution in [0.5, 0.6) is 0 Å². The molecule has 0 heterocycles. The van der Waals surface area contributed by atoms with Crippen molar-refractivity contribution in [1.29, 1.82) is 0 Å². The van der Waals surface area contributed by atoms with Crippen LogP contribution in [0.25, 0.3) is 0 Å². The number of halogens is 3. The van der Waals surface area contributed by atoms with E-state index >= 15 is 0 Å². The minimum absolute atomic E-state index is 0.276. The van der Waals surface area contributed by atoms with Gasteiger partial charge in [0, 0.05) is 5.92 Å². The van der Waals surface area contributed by atoms with Gasteiger partial charge in [-0.05, 0) is 25.2 Å². The highest BCUT2D eigenvalue weighted by atomic mass is 19.4. The summed E-state index contributed by atoms with van der Waals surface area (Å²) in [5.74, 6) is -2.86. The van der Waals surface area contributed by atoms with Crippen LogP contribution < -0.4 is 0 Å². The molecule has 2 rings (SSSR count). The van der Waals surface area contributed by atoms with Crippen molar-refractivity contribution in [3.05, 3.63) is 0 Å². The second-order valence-corrected chi connectivity index (χ2v) is 3.69. The Morgan fingerprint density at radius 2 is 1.92 bits per heavy atom. The van der Waals surface area contributed by atoms with E-state index in [0.29, 0.717) is 19.3 Å². The third kappa shape index (κ3) is 0.967. The average Bonchev–Trinajstić information content (AvgIpc) is 2.42. The van der Waals surface area contributed by atoms with Gasteiger partial charge in [-0.3, -0.25) is 4.79 Å². The highest BCUT2D eigenvalue weighted by Gasteiger charge is 2.58. The lowest BCUT2D eigenvalue weighted by Gasteiger charge is -2.22. The molecular formula is C8H9F3O. The van der Waals surface area contributed by atoms with E-state index in [1.165, 1.54) is 0 Å². The second kappa shape index (κ2) is 2.24. The van der Waals surface area contributed by atoms with Gasteiger partial charge in [0.1, 0.15) is 11.7 Å². The highest BCUT2D eigenvalue weighted by Crippen LogP contribution is 2.51. The van der Waals surface area contributed by atoms with Crippen molar-refractivity contribution in [1.82, 2.24) is 0 Å². The molecule has 0 aromatic carbocycles. The first-order chi connectivity index (χ1) is 5.50. The van der Waals surface area contributed by atoms with Gasteiger partial charge in [0.2, 0.25) is 0 Å². The molecule has 3 atom stereocenters. The summed E-state index contributed by atoms with van der Waals surface area (Å²) < 4.78 is 36.7. The first-order valence-electron chi connectivity index (χ1n) is 4.10. The Morgan fingerprint density at radius 3 is 2.25 bits per heavy atom. The van der Waals surface area contributed by atoms with E-state index in [4.69, 9.17) is 0 Å². The molecule has 2 bridgehead atoms. The van der Waals surface area contributed by atoms with E-state index < -0.39 is 23.8 Å². The lowest BCUT2D eigenvalue weighted by Crippen LogP contribution is -2.35. The number of carbonyl (C=O) groups excluding carboxylic acids is 1. The summed E-state index contributed by atoms with van der Waals surface area (Å²) in [5.41, 5.74) is 0. The maximum absolute atomic E-state index is 12.2. The molecule has 0 aliphatic heterocycles. The van der Waals surface area contributed by atoms with E-state index in [-0.39, 0.29) is 5.92 Å². The van der Waals surface area contributed by atoms with Crippen molar-refractivity contribution in [2.75, 3.05) is 0 Å². The van der Waals surface area contributed by atoms with Crippen LogP contribution in [0.2, 0.25) is 0 Å². The van der Waals surface area contributed by atoms with Crippen molar-refractivity contribution in [2.24, 2.45) is 17.8 Å². The van der Waals surface area contributed by atoms with Crippen LogP contribution in [0.3, 0.4) is 0 Å². The van der Waals surface area contributed by atoms with Crippen molar-refractivity contribution >= 4 is 5.78 Å². The number of hydrogen-bond donors (Lipinski definition) is 0. The smallest absolute Gasteiger partial charge is 0.299 e. The Labute approximate surface area is 67.9 Å². The van der Waals surface area contributed by atoms with E-state index in [1.807, 2.05) is 0 Å². The Bertz CT molecular complexity index is 221. The van der Waals surface area contributed by atoms with Crippen LogP contribution in [-0.2, 0) is 4.79 Å². The van der Waals surface area contributed by atoms with Crippen molar-refractivity contribution in [3.63, 3.8) is 0 Å². The lowest BCUT2D eigenvalue weighted by atomic mass is 9.87. The molecule has 4 heteroatoms. The van der Waals surface area contributed by atoms with Crippen LogP contribution in [0.15, 0.2) is 0 Å². The van der Waals surface area contributed by atoms with Gasteiger partial charge in [-0.1, -0.05) is 0 Å². The van der Waals surface area contributed by atoms with Gasteiger partial charge < -0.3 is 0 Å². The summed E-state index contributed by atoms with van der Waals surface area (Å²) in [6.07, 6.45) is -2.56. The number of ketones is 1. The molecule has 2 fully saturated rings. The molecule has 0 amide bonds. The maximum Gasteiger partial charge on any atom is 0.398 e. The summed E-state index contributed by atoms with van der Waals surface area (Å²) in [5, 5.41) is 0. The van der Waals surface area contributed by atoms with Gasteiger partial charge in [0.15, 0.2) is 0 Å². The minimum atomic E-state index is -4.29. The van der Waals surface area contributed by atoms with Gasteiger partial charge in [0.25, 0.3) is 0 Å². The van der Waals surface area contributed by atoms with E-state index in [9.17, 15) is 18.0 Å². The monoisotopic (exact) mass is 178 g/mol. The van der Waals surface area contributed by atoms with Gasteiger partial charge in [-0.15, -0.1) is 0 Å². The lowest BCUT2D eigenvalue weighted by molar-refractivity contribution is -0.189. The van der Waals surface area contributed by atoms with Gasteiger partial charge >= 0.3 is 6.18 Å². The molecule has 0 radical (unpaired) electrons. The summed E-state index contributed by atoms with van der Waals surface area (Å²) >= 11 is 0. The normalized spacial score (nSPS) is 40.9.